The molecular formula is C16H12N2O2. The predicted molar refractivity (Wildman–Crippen MR) is 78.4 cm³/mol. The Balaban J connectivity index is 2.15. The van der Waals surface area contributed by atoms with Crippen LogP contribution >= 0.6 is 0 Å². The molecule has 0 aliphatic carbocycles. The van der Waals surface area contributed by atoms with Crippen molar-refractivity contribution in [3.05, 3.63) is 66.4 Å². The first-order valence-corrected chi connectivity index (χ1v) is 6.19. The van der Waals surface area contributed by atoms with Crippen LogP contribution in [0.1, 0.15) is 10.5 Å². The van der Waals surface area contributed by atoms with Gasteiger partial charge in [0.25, 0.3) is 0 Å². The van der Waals surface area contributed by atoms with Gasteiger partial charge < -0.3 is 10.4 Å². The Bertz CT molecular complexity index is 770. The van der Waals surface area contributed by atoms with Crippen LogP contribution in [0.4, 0.5) is 11.4 Å². The quantitative estimate of drug-likeness (QED) is 0.757. The minimum absolute atomic E-state index is 0.0298. The lowest BCUT2D eigenvalue weighted by atomic mass is 10.1. The summed E-state index contributed by atoms with van der Waals surface area (Å²) in [6.45, 7) is 0. The van der Waals surface area contributed by atoms with Gasteiger partial charge in [0.2, 0.25) is 0 Å². The van der Waals surface area contributed by atoms with Crippen LogP contribution in [0.3, 0.4) is 0 Å². The molecule has 20 heavy (non-hydrogen) atoms. The van der Waals surface area contributed by atoms with Crippen LogP contribution in [0.5, 0.6) is 0 Å². The number of carboxylic acid groups (broad SMARTS) is 1. The Kier molecular flexibility index (Phi) is 3.05. The van der Waals surface area contributed by atoms with E-state index >= 15 is 0 Å². The summed E-state index contributed by atoms with van der Waals surface area (Å²) in [5.41, 5.74) is 2.33. The van der Waals surface area contributed by atoms with Crippen molar-refractivity contribution in [3.8, 4) is 0 Å². The zero-order valence-electron chi connectivity index (χ0n) is 10.6. The molecule has 0 fully saturated rings. The Morgan fingerprint density at radius 1 is 1.00 bits per heavy atom. The first kappa shape index (κ1) is 12.2. The number of fused-ring (bicyclic) bond motifs is 1. The third-order valence-corrected chi connectivity index (χ3v) is 2.99. The van der Waals surface area contributed by atoms with Crippen LogP contribution in [0.2, 0.25) is 0 Å². The number of pyridine rings is 1. The fourth-order valence-corrected chi connectivity index (χ4v) is 2.07. The monoisotopic (exact) mass is 264 g/mol. The Hall–Kier alpha value is -2.88. The summed E-state index contributed by atoms with van der Waals surface area (Å²) in [6.07, 6.45) is 0. The van der Waals surface area contributed by atoms with Gasteiger partial charge in [0.05, 0.1) is 11.2 Å². The second-order valence-corrected chi connectivity index (χ2v) is 4.37. The zero-order valence-corrected chi connectivity index (χ0v) is 10.6. The molecule has 1 aromatic heterocycles. The predicted octanol–water partition coefficient (Wildman–Crippen LogP) is 3.68. The molecular weight excluding hydrogens is 252 g/mol. The molecule has 0 bridgehead atoms. The average molecular weight is 264 g/mol. The highest BCUT2D eigenvalue weighted by Gasteiger charge is 2.10. The van der Waals surface area contributed by atoms with Gasteiger partial charge in [-0.25, -0.2) is 9.78 Å². The number of carboxylic acids is 1. The maximum atomic E-state index is 11.2. The normalized spacial score (nSPS) is 10.4. The molecule has 2 aromatic carbocycles. The standard InChI is InChI=1S/C16H12N2O2/c19-16(20)15-10-14(17-11-6-2-1-3-7-11)12-8-4-5-9-13(12)18-15/h1-10H,(H,17,18)(H,19,20). The minimum atomic E-state index is -1.04. The smallest absolute Gasteiger partial charge is 0.354 e. The SMILES string of the molecule is O=C(O)c1cc(Nc2ccccc2)c2ccccc2n1. The summed E-state index contributed by atoms with van der Waals surface area (Å²) in [6, 6.07) is 18.6. The number of rotatable bonds is 3. The molecule has 0 aliphatic heterocycles. The fourth-order valence-electron chi connectivity index (χ4n) is 2.07. The molecule has 98 valence electrons. The van der Waals surface area contributed by atoms with Crippen molar-refractivity contribution in [1.82, 2.24) is 4.98 Å². The molecule has 1 heterocycles. The highest BCUT2D eigenvalue weighted by Crippen LogP contribution is 2.26. The van der Waals surface area contributed by atoms with Crippen LogP contribution < -0.4 is 5.32 Å². The molecule has 3 aromatic rings. The highest BCUT2D eigenvalue weighted by molar-refractivity contribution is 5.98. The van der Waals surface area contributed by atoms with E-state index in [0.717, 1.165) is 16.8 Å². The van der Waals surface area contributed by atoms with Crippen LogP contribution in [0.25, 0.3) is 10.9 Å². The number of anilines is 2. The lowest BCUT2D eigenvalue weighted by Crippen LogP contribution is -2.02. The molecule has 0 radical (unpaired) electrons. The number of hydrogen-bond acceptors (Lipinski definition) is 3. The summed E-state index contributed by atoms with van der Waals surface area (Å²) in [5, 5.41) is 13.3. The molecule has 4 heteroatoms. The first-order valence-electron chi connectivity index (χ1n) is 6.19. The van der Waals surface area contributed by atoms with E-state index in [2.05, 4.69) is 10.3 Å². The van der Waals surface area contributed by atoms with E-state index in [4.69, 9.17) is 5.11 Å². The van der Waals surface area contributed by atoms with Crippen molar-refractivity contribution in [2.24, 2.45) is 0 Å². The van der Waals surface area contributed by atoms with Crippen molar-refractivity contribution < 1.29 is 9.90 Å². The third-order valence-electron chi connectivity index (χ3n) is 2.99. The molecule has 0 atom stereocenters. The van der Waals surface area contributed by atoms with Crippen LogP contribution in [0.15, 0.2) is 60.7 Å². The zero-order chi connectivity index (χ0) is 13.9. The molecule has 0 amide bonds. The third kappa shape index (κ3) is 2.31. The number of hydrogen-bond donors (Lipinski definition) is 2. The number of carbonyl (C=O) groups is 1. The van der Waals surface area contributed by atoms with Crippen molar-refractivity contribution in [1.29, 1.82) is 0 Å². The lowest BCUT2D eigenvalue weighted by Gasteiger charge is -2.10. The molecule has 2 N–H and O–H groups in total. The van der Waals surface area contributed by atoms with Gasteiger partial charge in [-0.3, -0.25) is 0 Å². The van der Waals surface area contributed by atoms with Gasteiger partial charge in [-0.2, -0.15) is 0 Å². The van der Waals surface area contributed by atoms with E-state index in [-0.39, 0.29) is 5.69 Å². The number of aromatic carboxylic acids is 1. The second kappa shape index (κ2) is 5.01. The van der Waals surface area contributed by atoms with Gasteiger partial charge in [-0.15, -0.1) is 0 Å². The van der Waals surface area contributed by atoms with E-state index in [1.54, 1.807) is 12.1 Å². The van der Waals surface area contributed by atoms with Crippen LogP contribution in [-0.4, -0.2) is 16.1 Å². The fraction of sp³-hybridized carbons (Fsp3) is 0. The van der Waals surface area contributed by atoms with Crippen molar-refractivity contribution in [3.63, 3.8) is 0 Å². The molecule has 3 rings (SSSR count). The van der Waals surface area contributed by atoms with Crippen molar-refractivity contribution >= 4 is 28.2 Å². The van der Waals surface area contributed by atoms with E-state index in [1.165, 1.54) is 0 Å². The summed E-state index contributed by atoms with van der Waals surface area (Å²) in [7, 11) is 0. The van der Waals surface area contributed by atoms with Gasteiger partial charge in [0.15, 0.2) is 5.69 Å². The molecule has 0 unspecified atom stereocenters. The minimum Gasteiger partial charge on any atom is -0.477 e. The molecule has 0 spiro atoms. The van der Waals surface area contributed by atoms with Gasteiger partial charge in [-0.1, -0.05) is 36.4 Å². The summed E-state index contributed by atoms with van der Waals surface area (Å²) >= 11 is 0. The van der Waals surface area contributed by atoms with Gasteiger partial charge in [0.1, 0.15) is 0 Å². The molecule has 0 saturated carbocycles. The largest absolute Gasteiger partial charge is 0.477 e. The molecule has 0 saturated heterocycles. The number of aromatic nitrogens is 1. The van der Waals surface area contributed by atoms with Crippen LogP contribution in [-0.2, 0) is 0 Å². The van der Waals surface area contributed by atoms with Crippen LogP contribution in [0, 0.1) is 0 Å². The Morgan fingerprint density at radius 2 is 1.70 bits per heavy atom. The van der Waals surface area contributed by atoms with E-state index in [0.29, 0.717) is 5.52 Å². The summed E-state index contributed by atoms with van der Waals surface area (Å²) in [4.78, 5) is 15.3. The number of benzene rings is 2. The van der Waals surface area contributed by atoms with E-state index in [1.807, 2.05) is 48.5 Å². The molecule has 0 aliphatic rings. The number of nitrogens with one attached hydrogen (secondary N) is 1. The first-order chi connectivity index (χ1) is 9.74. The lowest BCUT2D eigenvalue weighted by molar-refractivity contribution is 0.0691. The summed E-state index contributed by atoms with van der Waals surface area (Å²) < 4.78 is 0. The van der Waals surface area contributed by atoms with Gasteiger partial charge in [-0.05, 0) is 24.3 Å². The van der Waals surface area contributed by atoms with Gasteiger partial charge >= 0.3 is 5.97 Å². The van der Waals surface area contributed by atoms with Crippen molar-refractivity contribution in [2.75, 3.05) is 5.32 Å². The maximum absolute atomic E-state index is 11.2. The average Bonchev–Trinajstić information content (AvgIpc) is 2.48. The second-order valence-electron chi connectivity index (χ2n) is 4.37. The van der Waals surface area contributed by atoms with E-state index < -0.39 is 5.97 Å². The molecule has 4 nitrogen and oxygen atoms in total. The van der Waals surface area contributed by atoms with Crippen molar-refractivity contribution in [2.45, 2.75) is 0 Å². The Labute approximate surface area is 115 Å². The maximum Gasteiger partial charge on any atom is 0.354 e. The number of para-hydroxylation sites is 2. The van der Waals surface area contributed by atoms with E-state index in [9.17, 15) is 4.79 Å². The number of nitrogens with zero attached hydrogens (tertiary/aromatic N) is 1. The Morgan fingerprint density at radius 3 is 2.45 bits per heavy atom. The topological polar surface area (TPSA) is 62.2 Å². The van der Waals surface area contributed by atoms with Gasteiger partial charge in [0, 0.05) is 11.1 Å². The highest BCUT2D eigenvalue weighted by atomic mass is 16.4. The summed E-state index contributed by atoms with van der Waals surface area (Å²) in [5.74, 6) is -1.04.